The van der Waals surface area contributed by atoms with Crippen molar-refractivity contribution in [2.45, 2.75) is 32.5 Å². The van der Waals surface area contributed by atoms with Crippen molar-refractivity contribution in [2.75, 3.05) is 13.1 Å². The molecule has 1 aliphatic rings. The van der Waals surface area contributed by atoms with Crippen LogP contribution in [0.2, 0.25) is 18.6 Å². The highest BCUT2D eigenvalue weighted by Crippen LogP contribution is 2.28. The molecule has 1 aliphatic heterocycles. The van der Waals surface area contributed by atoms with Crippen molar-refractivity contribution in [1.29, 1.82) is 0 Å². The Labute approximate surface area is 71.1 Å². The Bertz CT molecular complexity index is 157. The highest BCUT2D eigenvalue weighted by Gasteiger charge is 2.33. The number of hydrogen-bond acceptors (Lipinski definition) is 1. The van der Waals surface area contributed by atoms with Crippen LogP contribution in [0.25, 0.3) is 0 Å². The molecule has 11 heavy (non-hydrogen) atoms. The Morgan fingerprint density at radius 3 is 2.09 bits per heavy atom. The van der Waals surface area contributed by atoms with E-state index in [0.717, 1.165) is 0 Å². The normalized spacial score (nSPS) is 16.8. The summed E-state index contributed by atoms with van der Waals surface area (Å²) >= 11 is 0. The van der Waals surface area contributed by atoms with Gasteiger partial charge in [0.05, 0.1) is 0 Å². The third-order valence-corrected chi connectivity index (χ3v) is 7.92. The van der Waals surface area contributed by atoms with E-state index < -0.39 is 8.07 Å². The van der Waals surface area contributed by atoms with Gasteiger partial charge in [-0.1, -0.05) is 39.1 Å². The van der Waals surface area contributed by atoms with Crippen LogP contribution in [0.4, 0.5) is 0 Å². The lowest BCUT2D eigenvalue weighted by Crippen LogP contribution is -2.34. The molecule has 0 atom stereocenters. The first-order chi connectivity index (χ1) is 5.14. The molecule has 1 heterocycles. The lowest BCUT2D eigenvalue weighted by atomic mass is 10.9. The molecular formula is C9H19NSi. The summed E-state index contributed by atoms with van der Waals surface area (Å²) in [6.07, 6.45) is 0. The van der Waals surface area contributed by atoms with Gasteiger partial charge in [0.2, 0.25) is 0 Å². The van der Waals surface area contributed by atoms with Crippen LogP contribution in [0, 0.1) is 0 Å². The molecule has 1 rings (SSSR count). The fourth-order valence-corrected chi connectivity index (χ4v) is 3.66. The second-order valence-electron chi connectivity index (χ2n) is 3.70. The van der Waals surface area contributed by atoms with Crippen LogP contribution in [0.1, 0.15) is 13.8 Å². The summed E-state index contributed by atoms with van der Waals surface area (Å²) in [4.78, 5) is 2.43. The lowest BCUT2D eigenvalue weighted by Gasteiger charge is -2.27. The first-order valence-electron chi connectivity index (χ1n) is 4.58. The Hall–Kier alpha value is -0.243. The van der Waals surface area contributed by atoms with Crippen LogP contribution >= 0.6 is 0 Å². The number of rotatable bonds is 4. The van der Waals surface area contributed by atoms with Gasteiger partial charge in [-0.25, -0.2) is 0 Å². The van der Waals surface area contributed by atoms with Crippen molar-refractivity contribution < 1.29 is 0 Å². The molecule has 0 amide bonds. The van der Waals surface area contributed by atoms with Crippen LogP contribution in [-0.2, 0) is 0 Å². The predicted octanol–water partition coefficient (Wildman–Crippen LogP) is 2.47. The monoisotopic (exact) mass is 169 g/mol. The Kier molecular flexibility index (Phi) is 2.42. The van der Waals surface area contributed by atoms with Crippen LogP contribution in [0.3, 0.4) is 0 Å². The van der Waals surface area contributed by atoms with E-state index in [1.165, 1.54) is 30.5 Å². The third kappa shape index (κ3) is 1.67. The second kappa shape index (κ2) is 3.01. The maximum Gasteiger partial charge on any atom is 0.103 e. The highest BCUT2D eigenvalue weighted by atomic mass is 28.3. The number of nitrogens with zero attached hydrogens (tertiary/aromatic N) is 1. The highest BCUT2D eigenvalue weighted by molar-refractivity contribution is 6.85. The van der Waals surface area contributed by atoms with Gasteiger partial charge in [0, 0.05) is 13.1 Å². The topological polar surface area (TPSA) is 3.01 Å². The van der Waals surface area contributed by atoms with Crippen molar-refractivity contribution in [3.8, 4) is 0 Å². The van der Waals surface area contributed by atoms with Gasteiger partial charge in [-0.3, -0.25) is 0 Å². The summed E-state index contributed by atoms with van der Waals surface area (Å²) in [5.41, 5.74) is 0. The molecule has 0 aromatic carbocycles. The van der Waals surface area contributed by atoms with Gasteiger partial charge in [0.25, 0.3) is 0 Å². The zero-order valence-electron chi connectivity index (χ0n) is 7.98. The van der Waals surface area contributed by atoms with Gasteiger partial charge in [-0.05, 0) is 5.32 Å². The van der Waals surface area contributed by atoms with Crippen molar-refractivity contribution in [1.82, 2.24) is 4.90 Å². The zero-order chi connectivity index (χ0) is 8.48. The van der Waals surface area contributed by atoms with Crippen molar-refractivity contribution in [2.24, 2.45) is 0 Å². The maximum atomic E-state index is 4.22. The zero-order valence-corrected chi connectivity index (χ0v) is 8.98. The van der Waals surface area contributed by atoms with Gasteiger partial charge in [-0.15, -0.1) is 0 Å². The van der Waals surface area contributed by atoms with Gasteiger partial charge in [0.1, 0.15) is 8.07 Å². The van der Waals surface area contributed by atoms with Crippen LogP contribution in [0.5, 0.6) is 0 Å². The van der Waals surface area contributed by atoms with Crippen LogP contribution < -0.4 is 0 Å². The third-order valence-electron chi connectivity index (χ3n) is 3.09. The Morgan fingerprint density at radius 1 is 1.36 bits per heavy atom. The smallest absolute Gasteiger partial charge is 0.103 e. The van der Waals surface area contributed by atoms with E-state index in [1.54, 1.807) is 0 Å². The van der Waals surface area contributed by atoms with E-state index in [9.17, 15) is 0 Å². The standard InChI is InChI=1S/C9H19NSi/c1-5-11(4,6-2)9(3)10-7-8-10/h3,5-8H2,1-2,4H3. The van der Waals surface area contributed by atoms with Crippen molar-refractivity contribution in [3.63, 3.8) is 0 Å². The lowest BCUT2D eigenvalue weighted by molar-refractivity contribution is 0.736. The molecule has 0 radical (unpaired) electrons. The van der Waals surface area contributed by atoms with Gasteiger partial charge in [-0.2, -0.15) is 0 Å². The molecule has 0 bridgehead atoms. The maximum absolute atomic E-state index is 4.22. The molecular weight excluding hydrogens is 150 g/mol. The second-order valence-corrected chi connectivity index (χ2v) is 8.81. The van der Waals surface area contributed by atoms with E-state index in [4.69, 9.17) is 0 Å². The summed E-state index contributed by atoms with van der Waals surface area (Å²) in [6.45, 7) is 13.8. The average Bonchev–Trinajstić information content (AvgIpc) is 2.84. The Balaban J connectivity index is 2.59. The molecule has 1 saturated heterocycles. The molecule has 64 valence electrons. The number of hydrogen-bond donors (Lipinski definition) is 0. The molecule has 1 fully saturated rings. The van der Waals surface area contributed by atoms with E-state index >= 15 is 0 Å². The summed E-state index contributed by atoms with van der Waals surface area (Å²) in [6, 6.07) is 2.69. The largest absolute Gasteiger partial charge is 0.375 e. The van der Waals surface area contributed by atoms with E-state index in [2.05, 4.69) is 31.9 Å². The van der Waals surface area contributed by atoms with Gasteiger partial charge >= 0.3 is 0 Å². The van der Waals surface area contributed by atoms with E-state index in [1.807, 2.05) is 0 Å². The predicted molar refractivity (Wildman–Crippen MR) is 53.3 cm³/mol. The molecule has 0 unspecified atom stereocenters. The van der Waals surface area contributed by atoms with Gasteiger partial charge in [0.15, 0.2) is 0 Å². The molecule has 2 heteroatoms. The molecule has 0 aromatic heterocycles. The minimum absolute atomic E-state index is 1.07. The Morgan fingerprint density at radius 2 is 1.82 bits per heavy atom. The SMILES string of the molecule is C=C(N1CC1)[Si](C)(CC)CC. The average molecular weight is 169 g/mol. The fraction of sp³-hybridized carbons (Fsp3) is 0.778. The summed E-state index contributed by atoms with van der Waals surface area (Å²) in [5.74, 6) is 0. The van der Waals surface area contributed by atoms with E-state index in [-0.39, 0.29) is 0 Å². The fourth-order valence-electron chi connectivity index (χ4n) is 1.36. The molecule has 1 nitrogen and oxygen atoms in total. The van der Waals surface area contributed by atoms with Gasteiger partial charge < -0.3 is 4.90 Å². The van der Waals surface area contributed by atoms with Crippen molar-refractivity contribution >= 4 is 8.07 Å². The minimum atomic E-state index is -1.07. The quantitative estimate of drug-likeness (QED) is 0.461. The van der Waals surface area contributed by atoms with Crippen LogP contribution in [0.15, 0.2) is 11.9 Å². The van der Waals surface area contributed by atoms with Crippen LogP contribution in [-0.4, -0.2) is 26.1 Å². The van der Waals surface area contributed by atoms with E-state index in [0.29, 0.717) is 0 Å². The molecule has 0 aliphatic carbocycles. The summed E-state index contributed by atoms with van der Waals surface area (Å²) in [5, 5.41) is 1.49. The molecule has 0 saturated carbocycles. The minimum Gasteiger partial charge on any atom is -0.375 e. The molecule has 0 spiro atoms. The molecule has 0 N–H and O–H groups in total. The van der Waals surface area contributed by atoms with Crippen molar-refractivity contribution in [3.05, 3.63) is 11.9 Å². The summed E-state index contributed by atoms with van der Waals surface area (Å²) in [7, 11) is -1.07. The summed E-state index contributed by atoms with van der Waals surface area (Å²) < 4.78 is 0. The first kappa shape index (κ1) is 8.85. The first-order valence-corrected chi connectivity index (χ1v) is 7.50. The molecule has 0 aromatic rings.